The highest BCUT2D eigenvalue weighted by Crippen LogP contribution is 2.16. The third-order valence-corrected chi connectivity index (χ3v) is 4.21. The summed E-state index contributed by atoms with van der Waals surface area (Å²) < 4.78 is 0. The van der Waals surface area contributed by atoms with Crippen molar-refractivity contribution in [3.8, 4) is 0 Å². The first-order valence-corrected chi connectivity index (χ1v) is 8.13. The molecule has 23 heavy (non-hydrogen) atoms. The summed E-state index contributed by atoms with van der Waals surface area (Å²) >= 11 is 5.95. The monoisotopic (exact) mass is 326 g/mol. The quantitative estimate of drug-likeness (QED) is 0.803. The van der Waals surface area contributed by atoms with Crippen molar-refractivity contribution < 1.29 is 4.79 Å². The van der Waals surface area contributed by atoms with E-state index >= 15 is 0 Å². The lowest BCUT2D eigenvalue weighted by atomic mass is 10.2. The number of carbonyl (C=O) groups excluding carboxylic acids is 1. The summed E-state index contributed by atoms with van der Waals surface area (Å²) in [4.78, 5) is 16.5. The molecule has 4 heteroatoms. The molecule has 2 aromatic carbocycles. The molecule has 0 saturated carbocycles. The molecular formula is C19H19ClN2O. The van der Waals surface area contributed by atoms with E-state index in [1.54, 1.807) is 6.08 Å². The van der Waals surface area contributed by atoms with Crippen molar-refractivity contribution in [2.75, 3.05) is 31.1 Å². The second-order valence-corrected chi connectivity index (χ2v) is 5.97. The van der Waals surface area contributed by atoms with Crippen molar-refractivity contribution in [2.24, 2.45) is 0 Å². The topological polar surface area (TPSA) is 23.6 Å². The molecule has 3 nitrogen and oxygen atoms in total. The first-order valence-electron chi connectivity index (χ1n) is 7.75. The molecule has 0 unspecified atom stereocenters. The second-order valence-electron chi connectivity index (χ2n) is 5.54. The van der Waals surface area contributed by atoms with E-state index in [1.807, 2.05) is 53.4 Å². The number of rotatable bonds is 3. The van der Waals surface area contributed by atoms with Gasteiger partial charge in [0.2, 0.25) is 5.91 Å². The van der Waals surface area contributed by atoms with Crippen LogP contribution in [0.4, 0.5) is 5.69 Å². The van der Waals surface area contributed by atoms with Crippen LogP contribution in [-0.2, 0) is 4.79 Å². The van der Waals surface area contributed by atoms with Gasteiger partial charge in [0, 0.05) is 43.0 Å². The van der Waals surface area contributed by atoms with Crippen molar-refractivity contribution in [1.82, 2.24) is 4.90 Å². The Morgan fingerprint density at radius 2 is 1.70 bits per heavy atom. The Morgan fingerprint density at radius 1 is 0.957 bits per heavy atom. The SMILES string of the molecule is O=C(C=Cc1cccc(Cl)c1)N1CCN(c2ccccc2)CC1. The first kappa shape index (κ1) is 15.6. The van der Waals surface area contributed by atoms with Crippen molar-refractivity contribution in [3.63, 3.8) is 0 Å². The van der Waals surface area contributed by atoms with Gasteiger partial charge in [-0.05, 0) is 35.9 Å². The maximum atomic E-state index is 12.3. The van der Waals surface area contributed by atoms with Gasteiger partial charge in [0.25, 0.3) is 0 Å². The second kappa shape index (κ2) is 7.34. The van der Waals surface area contributed by atoms with Crippen LogP contribution < -0.4 is 4.90 Å². The minimum Gasteiger partial charge on any atom is -0.368 e. The maximum absolute atomic E-state index is 12.3. The van der Waals surface area contributed by atoms with Gasteiger partial charge in [-0.1, -0.05) is 41.9 Å². The van der Waals surface area contributed by atoms with Crippen LogP contribution in [0.25, 0.3) is 6.08 Å². The minimum absolute atomic E-state index is 0.0534. The van der Waals surface area contributed by atoms with Gasteiger partial charge in [0.15, 0.2) is 0 Å². The zero-order chi connectivity index (χ0) is 16.1. The fourth-order valence-corrected chi connectivity index (χ4v) is 2.91. The Kier molecular flexibility index (Phi) is 4.99. The van der Waals surface area contributed by atoms with E-state index in [0.29, 0.717) is 5.02 Å². The zero-order valence-corrected chi connectivity index (χ0v) is 13.6. The molecule has 1 saturated heterocycles. The van der Waals surface area contributed by atoms with Gasteiger partial charge >= 0.3 is 0 Å². The zero-order valence-electron chi connectivity index (χ0n) is 12.9. The lowest BCUT2D eigenvalue weighted by Gasteiger charge is -2.35. The molecule has 3 rings (SSSR count). The Labute approximate surface area is 141 Å². The van der Waals surface area contributed by atoms with Crippen LogP contribution in [0.15, 0.2) is 60.7 Å². The number of benzene rings is 2. The fraction of sp³-hybridized carbons (Fsp3) is 0.211. The first-order chi connectivity index (χ1) is 11.2. The molecule has 0 aliphatic carbocycles. The third kappa shape index (κ3) is 4.14. The molecular weight excluding hydrogens is 308 g/mol. The highest BCUT2D eigenvalue weighted by Gasteiger charge is 2.19. The van der Waals surface area contributed by atoms with Gasteiger partial charge in [0.05, 0.1) is 0 Å². The van der Waals surface area contributed by atoms with E-state index in [4.69, 9.17) is 11.6 Å². The highest BCUT2D eigenvalue weighted by molar-refractivity contribution is 6.30. The summed E-state index contributed by atoms with van der Waals surface area (Å²) in [5.41, 5.74) is 2.16. The lowest BCUT2D eigenvalue weighted by Crippen LogP contribution is -2.48. The Morgan fingerprint density at radius 3 is 2.39 bits per heavy atom. The van der Waals surface area contributed by atoms with Crippen LogP contribution in [0.1, 0.15) is 5.56 Å². The van der Waals surface area contributed by atoms with Gasteiger partial charge in [0.1, 0.15) is 0 Å². The Bertz CT molecular complexity index is 692. The summed E-state index contributed by atoms with van der Waals surface area (Å²) in [6, 6.07) is 17.8. The van der Waals surface area contributed by atoms with E-state index in [0.717, 1.165) is 31.7 Å². The number of halogens is 1. The van der Waals surface area contributed by atoms with Crippen molar-refractivity contribution in [2.45, 2.75) is 0 Å². The third-order valence-electron chi connectivity index (χ3n) is 3.98. The molecule has 0 bridgehead atoms. The number of hydrogen-bond acceptors (Lipinski definition) is 2. The maximum Gasteiger partial charge on any atom is 0.246 e. The van der Waals surface area contributed by atoms with Crippen molar-refractivity contribution in [1.29, 1.82) is 0 Å². The summed E-state index contributed by atoms with van der Waals surface area (Å²) in [6.45, 7) is 3.21. The number of anilines is 1. The molecule has 1 fully saturated rings. The van der Waals surface area contributed by atoms with Gasteiger partial charge in [-0.15, -0.1) is 0 Å². The number of amides is 1. The molecule has 0 spiro atoms. The molecule has 0 atom stereocenters. The van der Waals surface area contributed by atoms with Crippen LogP contribution >= 0.6 is 11.6 Å². The van der Waals surface area contributed by atoms with Gasteiger partial charge in [-0.2, -0.15) is 0 Å². The molecule has 0 N–H and O–H groups in total. The average molecular weight is 327 g/mol. The van der Waals surface area contributed by atoms with Gasteiger partial charge in [-0.25, -0.2) is 0 Å². The van der Waals surface area contributed by atoms with Crippen LogP contribution in [0, 0.1) is 0 Å². The number of carbonyl (C=O) groups is 1. The molecule has 1 amide bonds. The summed E-state index contributed by atoms with van der Waals surface area (Å²) in [5, 5.41) is 0.677. The van der Waals surface area contributed by atoms with E-state index in [9.17, 15) is 4.79 Å². The normalized spacial score (nSPS) is 15.2. The van der Waals surface area contributed by atoms with E-state index in [1.165, 1.54) is 5.69 Å². The van der Waals surface area contributed by atoms with Gasteiger partial charge in [-0.3, -0.25) is 4.79 Å². The highest BCUT2D eigenvalue weighted by atomic mass is 35.5. The standard InChI is InChI=1S/C19H19ClN2O/c20-17-6-4-5-16(15-17)9-10-19(23)22-13-11-21(12-14-22)18-7-2-1-3-8-18/h1-10,15H,11-14H2. The van der Waals surface area contributed by atoms with Crippen LogP contribution in [0.2, 0.25) is 5.02 Å². The van der Waals surface area contributed by atoms with Crippen molar-refractivity contribution in [3.05, 3.63) is 71.3 Å². The van der Waals surface area contributed by atoms with Gasteiger partial charge < -0.3 is 9.80 Å². The van der Waals surface area contributed by atoms with Crippen molar-refractivity contribution >= 4 is 29.3 Å². The summed E-state index contributed by atoms with van der Waals surface area (Å²) in [5.74, 6) is 0.0534. The number of para-hydroxylation sites is 1. The molecule has 0 aromatic heterocycles. The molecule has 2 aromatic rings. The number of hydrogen-bond donors (Lipinski definition) is 0. The molecule has 1 aliphatic heterocycles. The smallest absolute Gasteiger partial charge is 0.246 e. The number of nitrogens with zero attached hydrogens (tertiary/aromatic N) is 2. The van der Waals surface area contributed by atoms with E-state index < -0.39 is 0 Å². The molecule has 118 valence electrons. The molecule has 1 heterocycles. The predicted molar refractivity (Wildman–Crippen MR) is 95.7 cm³/mol. The van der Waals surface area contributed by atoms with Crippen LogP contribution in [0.3, 0.4) is 0 Å². The average Bonchev–Trinajstić information content (AvgIpc) is 2.61. The van der Waals surface area contributed by atoms with Crippen LogP contribution in [0.5, 0.6) is 0 Å². The summed E-state index contributed by atoms with van der Waals surface area (Å²) in [7, 11) is 0. The fourth-order valence-electron chi connectivity index (χ4n) is 2.71. The largest absolute Gasteiger partial charge is 0.368 e. The Balaban J connectivity index is 1.56. The lowest BCUT2D eigenvalue weighted by molar-refractivity contribution is -0.126. The minimum atomic E-state index is 0.0534. The Hall–Kier alpha value is -2.26. The van der Waals surface area contributed by atoms with Crippen LogP contribution in [-0.4, -0.2) is 37.0 Å². The van der Waals surface area contributed by atoms with E-state index in [2.05, 4.69) is 17.0 Å². The molecule has 0 radical (unpaired) electrons. The molecule has 1 aliphatic rings. The summed E-state index contributed by atoms with van der Waals surface area (Å²) in [6.07, 6.45) is 3.45. The number of piperazine rings is 1. The van der Waals surface area contributed by atoms with E-state index in [-0.39, 0.29) is 5.91 Å². The predicted octanol–water partition coefficient (Wildman–Crippen LogP) is 3.70.